The van der Waals surface area contributed by atoms with Crippen LogP contribution < -0.4 is 0 Å². The van der Waals surface area contributed by atoms with Gasteiger partial charge in [0.1, 0.15) is 12.2 Å². The molecule has 0 unspecified atom stereocenters. The summed E-state index contributed by atoms with van der Waals surface area (Å²) in [6.45, 7) is 11.1. The topological polar surface area (TPSA) is 72.8 Å². The molecule has 150 valence electrons. The molecular weight excluding hydrogens is 344 g/mol. The Kier molecular flexibility index (Phi) is 7.04. The highest BCUT2D eigenvalue weighted by Gasteiger charge is 2.45. The first-order valence-corrected chi connectivity index (χ1v) is 9.70. The fourth-order valence-electron chi connectivity index (χ4n) is 3.83. The van der Waals surface area contributed by atoms with E-state index in [2.05, 4.69) is 25.7 Å². The fourth-order valence-corrected chi connectivity index (χ4v) is 3.83. The summed E-state index contributed by atoms with van der Waals surface area (Å²) in [4.78, 5) is 24.1. The maximum Gasteiger partial charge on any atom is 0.334 e. The smallest absolute Gasteiger partial charge is 0.334 e. The zero-order valence-electron chi connectivity index (χ0n) is 16.9. The predicted molar refractivity (Wildman–Crippen MR) is 104 cm³/mol. The lowest BCUT2D eigenvalue weighted by Gasteiger charge is -2.40. The van der Waals surface area contributed by atoms with Crippen LogP contribution in [0.5, 0.6) is 0 Å². The first-order chi connectivity index (χ1) is 12.6. The molecule has 1 heterocycles. The van der Waals surface area contributed by atoms with Crippen LogP contribution >= 0.6 is 0 Å². The Balaban J connectivity index is 2.38. The summed E-state index contributed by atoms with van der Waals surface area (Å²) in [5.74, 6) is -1.27. The Bertz CT molecular complexity index is 656. The molecule has 5 heteroatoms. The minimum Gasteiger partial charge on any atom is -0.462 e. The van der Waals surface area contributed by atoms with Crippen LogP contribution in [-0.2, 0) is 19.1 Å². The van der Waals surface area contributed by atoms with Gasteiger partial charge in [0.05, 0.1) is 5.60 Å². The number of carbonyl (C=O) groups excluding carboxylic acids is 2. The van der Waals surface area contributed by atoms with Crippen LogP contribution in [0.2, 0.25) is 0 Å². The van der Waals surface area contributed by atoms with Crippen molar-refractivity contribution >= 4 is 11.9 Å². The Morgan fingerprint density at radius 2 is 1.96 bits per heavy atom. The number of hydrogen-bond donors (Lipinski definition) is 1. The van der Waals surface area contributed by atoms with Crippen molar-refractivity contribution in [3.63, 3.8) is 0 Å². The minimum atomic E-state index is -1.15. The van der Waals surface area contributed by atoms with Crippen molar-refractivity contribution in [1.82, 2.24) is 0 Å². The Morgan fingerprint density at radius 3 is 2.63 bits per heavy atom. The Hall–Kier alpha value is -1.88. The van der Waals surface area contributed by atoms with Gasteiger partial charge in [-0.2, -0.15) is 0 Å². The zero-order valence-corrected chi connectivity index (χ0v) is 16.9. The molecule has 0 amide bonds. The number of carbonyl (C=O) groups is 2. The molecule has 1 aliphatic carbocycles. The SMILES string of the molecule is C=C1C(=O)O[C@@H]2C[C@H]1[C@H](OC(C)=O)C/C(C)=C\CC/C(C)=C/CC[C@]2(C)O. The van der Waals surface area contributed by atoms with Gasteiger partial charge < -0.3 is 14.6 Å². The third kappa shape index (κ3) is 5.80. The third-order valence-corrected chi connectivity index (χ3v) is 5.58. The van der Waals surface area contributed by atoms with Crippen LogP contribution in [0, 0.1) is 5.92 Å². The van der Waals surface area contributed by atoms with Crippen LogP contribution in [0.4, 0.5) is 0 Å². The van der Waals surface area contributed by atoms with E-state index in [9.17, 15) is 14.7 Å². The molecule has 1 saturated heterocycles. The number of esters is 2. The van der Waals surface area contributed by atoms with E-state index in [1.165, 1.54) is 12.5 Å². The van der Waals surface area contributed by atoms with Crippen LogP contribution in [0.15, 0.2) is 35.5 Å². The molecule has 2 aliphatic rings. The van der Waals surface area contributed by atoms with Gasteiger partial charge >= 0.3 is 11.9 Å². The number of aliphatic hydroxyl groups is 1. The van der Waals surface area contributed by atoms with E-state index in [0.29, 0.717) is 31.3 Å². The third-order valence-electron chi connectivity index (χ3n) is 5.58. The van der Waals surface area contributed by atoms with Gasteiger partial charge in [-0.1, -0.05) is 29.9 Å². The van der Waals surface area contributed by atoms with Crippen molar-refractivity contribution in [3.05, 3.63) is 35.5 Å². The van der Waals surface area contributed by atoms with E-state index in [4.69, 9.17) is 9.47 Å². The van der Waals surface area contributed by atoms with Gasteiger partial charge in [0, 0.05) is 24.8 Å². The molecule has 5 nitrogen and oxygen atoms in total. The molecule has 4 atom stereocenters. The second-order valence-electron chi connectivity index (χ2n) is 8.15. The molecule has 1 fully saturated rings. The second kappa shape index (κ2) is 8.87. The van der Waals surface area contributed by atoms with Crippen molar-refractivity contribution in [3.8, 4) is 0 Å². The highest BCUT2D eigenvalue weighted by molar-refractivity contribution is 5.89. The Morgan fingerprint density at radius 1 is 1.30 bits per heavy atom. The number of allylic oxidation sites excluding steroid dienone is 3. The molecular formula is C22H32O5. The molecule has 1 N–H and O–H groups in total. The van der Waals surface area contributed by atoms with Crippen molar-refractivity contribution in [2.45, 2.75) is 84.0 Å². The maximum absolute atomic E-state index is 12.4. The molecule has 2 rings (SSSR count). The monoisotopic (exact) mass is 376 g/mol. The van der Waals surface area contributed by atoms with E-state index >= 15 is 0 Å². The normalized spacial score (nSPS) is 37.1. The van der Waals surface area contributed by atoms with Gasteiger partial charge in [-0.25, -0.2) is 4.79 Å². The van der Waals surface area contributed by atoms with E-state index in [0.717, 1.165) is 18.4 Å². The van der Waals surface area contributed by atoms with Gasteiger partial charge in [-0.3, -0.25) is 4.79 Å². The van der Waals surface area contributed by atoms with Gasteiger partial charge in [0.2, 0.25) is 0 Å². The van der Waals surface area contributed by atoms with E-state index in [1.807, 2.05) is 6.92 Å². The summed E-state index contributed by atoms with van der Waals surface area (Å²) in [5, 5.41) is 11.0. The number of hydrogen-bond acceptors (Lipinski definition) is 5. The molecule has 0 radical (unpaired) electrons. The lowest BCUT2D eigenvalue weighted by atomic mass is 9.78. The van der Waals surface area contributed by atoms with Gasteiger partial charge in [-0.15, -0.1) is 0 Å². The van der Waals surface area contributed by atoms with Crippen molar-refractivity contribution in [2.75, 3.05) is 0 Å². The fraction of sp³-hybridized carbons (Fsp3) is 0.636. The first-order valence-electron chi connectivity index (χ1n) is 9.70. The van der Waals surface area contributed by atoms with Crippen LogP contribution in [0.3, 0.4) is 0 Å². The number of ether oxygens (including phenoxy) is 2. The molecule has 0 aromatic rings. The summed E-state index contributed by atoms with van der Waals surface area (Å²) < 4.78 is 11.1. The molecule has 0 aromatic heterocycles. The van der Waals surface area contributed by atoms with Gasteiger partial charge in [0.15, 0.2) is 0 Å². The predicted octanol–water partition coefficient (Wildman–Crippen LogP) is 4.01. The number of rotatable bonds is 1. The quantitative estimate of drug-likeness (QED) is 0.425. The summed E-state index contributed by atoms with van der Waals surface area (Å²) >= 11 is 0. The van der Waals surface area contributed by atoms with Gasteiger partial charge in [0.25, 0.3) is 0 Å². The molecule has 27 heavy (non-hydrogen) atoms. The lowest BCUT2D eigenvalue weighted by Crippen LogP contribution is -2.49. The molecule has 0 saturated carbocycles. The van der Waals surface area contributed by atoms with E-state index < -0.39 is 23.8 Å². The average molecular weight is 376 g/mol. The standard InChI is InChI=1S/C22H32O5/c1-14-8-6-9-15(2)12-19(26-17(4)23)18-13-20(27-21(24)16(18)3)22(5,25)11-7-10-14/h9-10,18-20,25H,3,6-8,11-13H2,1-2,4-5H3/b14-10+,15-9-/t18-,19-,20-,22+/m1/s1. The van der Waals surface area contributed by atoms with Crippen LogP contribution in [0.1, 0.15) is 66.2 Å². The molecule has 2 bridgehead atoms. The lowest BCUT2D eigenvalue weighted by molar-refractivity contribution is -0.174. The van der Waals surface area contributed by atoms with E-state index in [-0.39, 0.29) is 11.9 Å². The summed E-state index contributed by atoms with van der Waals surface area (Å²) in [6.07, 6.45) is 7.17. The Labute approximate surface area is 162 Å². The van der Waals surface area contributed by atoms with Crippen molar-refractivity contribution in [2.24, 2.45) is 5.92 Å². The first kappa shape index (κ1) is 21.4. The summed E-state index contributed by atoms with van der Waals surface area (Å²) in [6, 6.07) is 0. The largest absolute Gasteiger partial charge is 0.462 e. The van der Waals surface area contributed by atoms with Crippen LogP contribution in [-0.4, -0.2) is 34.9 Å². The summed E-state index contributed by atoms with van der Waals surface area (Å²) in [5.41, 5.74) is 1.54. The van der Waals surface area contributed by atoms with Crippen LogP contribution in [0.25, 0.3) is 0 Å². The summed E-state index contributed by atoms with van der Waals surface area (Å²) in [7, 11) is 0. The maximum atomic E-state index is 12.4. The highest BCUT2D eigenvalue weighted by Crippen LogP contribution is 2.37. The highest BCUT2D eigenvalue weighted by atomic mass is 16.6. The van der Waals surface area contributed by atoms with Crippen molar-refractivity contribution < 1.29 is 24.2 Å². The minimum absolute atomic E-state index is 0.309. The molecule has 1 aliphatic heterocycles. The van der Waals surface area contributed by atoms with Gasteiger partial charge in [-0.05, 0) is 52.9 Å². The van der Waals surface area contributed by atoms with E-state index in [1.54, 1.807) is 6.92 Å². The second-order valence-corrected chi connectivity index (χ2v) is 8.15. The molecule has 0 aromatic carbocycles. The zero-order chi connectivity index (χ0) is 20.2. The average Bonchev–Trinajstić information content (AvgIpc) is 2.55. The van der Waals surface area contributed by atoms with Crippen molar-refractivity contribution in [1.29, 1.82) is 0 Å². The molecule has 0 spiro atoms. The number of fused-ring (bicyclic) bond motifs is 2.